The van der Waals surface area contributed by atoms with Crippen LogP contribution in [-0.4, -0.2) is 31.3 Å². The first-order valence-electron chi connectivity index (χ1n) is 7.09. The van der Waals surface area contributed by atoms with Crippen molar-refractivity contribution in [1.29, 1.82) is 0 Å². The molecule has 0 saturated carbocycles. The van der Waals surface area contributed by atoms with E-state index in [1.165, 1.54) is 0 Å². The van der Waals surface area contributed by atoms with Gasteiger partial charge < -0.3 is 10.5 Å². The van der Waals surface area contributed by atoms with E-state index in [1.807, 2.05) is 23.1 Å². The smallest absolute Gasteiger partial charge is 0.391 e. The molecule has 1 aliphatic heterocycles. The molecule has 2 rings (SSSR count). The summed E-state index contributed by atoms with van der Waals surface area (Å²) >= 11 is 0. The summed E-state index contributed by atoms with van der Waals surface area (Å²) in [6.07, 6.45) is -3.73. The third-order valence-electron chi connectivity index (χ3n) is 4.02. The van der Waals surface area contributed by atoms with Gasteiger partial charge in [0.15, 0.2) is 0 Å². The van der Waals surface area contributed by atoms with Crippen LogP contribution in [0.2, 0.25) is 0 Å². The Morgan fingerprint density at radius 2 is 1.95 bits per heavy atom. The second-order valence-corrected chi connectivity index (χ2v) is 5.44. The molecule has 0 bridgehead atoms. The van der Waals surface area contributed by atoms with Gasteiger partial charge in [0, 0.05) is 18.7 Å². The molecule has 0 spiro atoms. The third-order valence-corrected chi connectivity index (χ3v) is 4.02. The average molecular weight is 302 g/mol. The van der Waals surface area contributed by atoms with E-state index < -0.39 is 12.1 Å². The molecule has 118 valence electrons. The second kappa shape index (κ2) is 6.66. The third kappa shape index (κ3) is 4.11. The topological polar surface area (TPSA) is 38.5 Å². The number of benzene rings is 1. The van der Waals surface area contributed by atoms with Gasteiger partial charge in [0.1, 0.15) is 5.75 Å². The summed E-state index contributed by atoms with van der Waals surface area (Å²) in [5, 5.41) is 0. The van der Waals surface area contributed by atoms with Crippen LogP contribution in [0.1, 0.15) is 24.0 Å². The minimum absolute atomic E-state index is 0.169. The molecule has 1 heterocycles. The average Bonchev–Trinajstić information content (AvgIpc) is 2.46. The molecule has 0 unspecified atom stereocenters. The van der Waals surface area contributed by atoms with Crippen LogP contribution in [0.4, 0.5) is 13.2 Å². The van der Waals surface area contributed by atoms with E-state index in [4.69, 9.17) is 10.5 Å². The fourth-order valence-electron chi connectivity index (χ4n) is 2.74. The highest BCUT2D eigenvalue weighted by atomic mass is 19.4. The van der Waals surface area contributed by atoms with E-state index >= 15 is 0 Å². The Morgan fingerprint density at radius 1 is 1.29 bits per heavy atom. The highest BCUT2D eigenvalue weighted by Crippen LogP contribution is 2.34. The largest absolute Gasteiger partial charge is 0.496 e. The first kappa shape index (κ1) is 16.1. The maximum Gasteiger partial charge on any atom is 0.391 e. The molecule has 1 aliphatic rings. The first-order valence-corrected chi connectivity index (χ1v) is 7.09. The van der Waals surface area contributed by atoms with Crippen LogP contribution in [-0.2, 0) is 13.1 Å². The van der Waals surface area contributed by atoms with Gasteiger partial charge in [0.25, 0.3) is 0 Å². The van der Waals surface area contributed by atoms with Gasteiger partial charge in [-0.05, 0) is 43.6 Å². The number of ether oxygens (including phenoxy) is 1. The molecule has 2 N–H and O–H groups in total. The van der Waals surface area contributed by atoms with E-state index in [2.05, 4.69) is 0 Å². The van der Waals surface area contributed by atoms with Gasteiger partial charge >= 0.3 is 6.18 Å². The summed E-state index contributed by atoms with van der Waals surface area (Å²) < 4.78 is 43.3. The number of likely N-dealkylation sites (tertiary alicyclic amines) is 1. The molecule has 0 atom stereocenters. The van der Waals surface area contributed by atoms with Crippen LogP contribution >= 0.6 is 0 Å². The zero-order valence-electron chi connectivity index (χ0n) is 12.1. The lowest BCUT2D eigenvalue weighted by Crippen LogP contribution is -2.38. The number of rotatable bonds is 4. The van der Waals surface area contributed by atoms with E-state index in [-0.39, 0.29) is 12.8 Å². The van der Waals surface area contributed by atoms with Crippen LogP contribution in [0.15, 0.2) is 18.2 Å². The fraction of sp³-hybridized carbons (Fsp3) is 0.600. The Bertz CT molecular complexity index is 468. The number of nitrogens with zero attached hydrogens (tertiary/aromatic N) is 1. The van der Waals surface area contributed by atoms with Gasteiger partial charge in [-0.2, -0.15) is 13.2 Å². The molecule has 0 radical (unpaired) electrons. The van der Waals surface area contributed by atoms with Gasteiger partial charge in [0.2, 0.25) is 0 Å². The predicted molar refractivity (Wildman–Crippen MR) is 74.9 cm³/mol. The summed E-state index contributed by atoms with van der Waals surface area (Å²) in [6, 6.07) is 5.73. The molecule has 1 saturated heterocycles. The monoisotopic (exact) mass is 302 g/mol. The van der Waals surface area contributed by atoms with E-state index in [1.54, 1.807) is 7.11 Å². The first-order chi connectivity index (χ1) is 9.94. The van der Waals surface area contributed by atoms with Gasteiger partial charge in [-0.1, -0.05) is 6.07 Å². The normalized spacial score (nSPS) is 18.0. The molecular weight excluding hydrogens is 281 g/mol. The maximum atomic E-state index is 12.7. The molecule has 0 aromatic heterocycles. The Hall–Kier alpha value is -1.27. The maximum absolute atomic E-state index is 12.7. The lowest BCUT2D eigenvalue weighted by atomic mass is 9.96. The lowest BCUT2D eigenvalue weighted by Gasteiger charge is -2.33. The summed E-state index contributed by atoms with van der Waals surface area (Å²) in [6.45, 7) is 1.95. The summed E-state index contributed by atoms with van der Waals surface area (Å²) in [7, 11) is 1.59. The highest BCUT2D eigenvalue weighted by Gasteiger charge is 2.40. The molecule has 0 amide bonds. The van der Waals surface area contributed by atoms with Gasteiger partial charge in [-0.25, -0.2) is 0 Å². The zero-order valence-corrected chi connectivity index (χ0v) is 12.1. The minimum atomic E-state index is -4.07. The second-order valence-electron chi connectivity index (χ2n) is 5.44. The number of nitrogens with two attached hydrogens (primary N) is 1. The van der Waals surface area contributed by atoms with Crippen molar-refractivity contribution in [3.63, 3.8) is 0 Å². The Labute approximate surface area is 122 Å². The lowest BCUT2D eigenvalue weighted by molar-refractivity contribution is -0.185. The Morgan fingerprint density at radius 3 is 2.48 bits per heavy atom. The van der Waals surface area contributed by atoms with Crippen molar-refractivity contribution < 1.29 is 17.9 Å². The number of piperidine rings is 1. The van der Waals surface area contributed by atoms with E-state index in [0.717, 1.165) is 16.9 Å². The molecule has 1 aromatic carbocycles. The number of alkyl halides is 3. The van der Waals surface area contributed by atoms with Crippen LogP contribution in [0.5, 0.6) is 5.75 Å². The van der Waals surface area contributed by atoms with Gasteiger partial charge in [-0.3, -0.25) is 4.90 Å². The molecule has 3 nitrogen and oxygen atoms in total. The van der Waals surface area contributed by atoms with Gasteiger partial charge in [-0.15, -0.1) is 0 Å². The molecule has 1 aromatic rings. The predicted octanol–water partition coefficient (Wildman–Crippen LogP) is 2.93. The van der Waals surface area contributed by atoms with Crippen LogP contribution < -0.4 is 10.5 Å². The van der Waals surface area contributed by atoms with Crippen LogP contribution in [0.25, 0.3) is 0 Å². The fourth-order valence-corrected chi connectivity index (χ4v) is 2.74. The standard InChI is InChI=1S/C15H21F3N2O/c1-21-14-3-2-11(9-19)8-12(14)10-20-6-4-13(5-7-20)15(16,17)18/h2-3,8,13H,4-7,9-10,19H2,1H3. The minimum Gasteiger partial charge on any atom is -0.496 e. The molecule has 6 heteroatoms. The number of methoxy groups -OCH3 is 1. The molecule has 1 fully saturated rings. The van der Waals surface area contributed by atoms with E-state index in [9.17, 15) is 13.2 Å². The molecule has 0 aliphatic carbocycles. The number of hydrogen-bond donors (Lipinski definition) is 1. The zero-order chi connectivity index (χ0) is 15.5. The Kier molecular flexibility index (Phi) is 5.11. The number of halogens is 3. The summed E-state index contributed by atoms with van der Waals surface area (Å²) in [5.41, 5.74) is 7.60. The van der Waals surface area contributed by atoms with Crippen molar-refractivity contribution in [1.82, 2.24) is 4.90 Å². The van der Waals surface area contributed by atoms with Crippen molar-refractivity contribution >= 4 is 0 Å². The SMILES string of the molecule is COc1ccc(CN)cc1CN1CCC(C(F)(F)F)CC1. The van der Waals surface area contributed by atoms with E-state index in [0.29, 0.717) is 26.2 Å². The van der Waals surface area contributed by atoms with Crippen LogP contribution in [0.3, 0.4) is 0 Å². The molecular formula is C15H21F3N2O. The van der Waals surface area contributed by atoms with Crippen molar-refractivity contribution in [2.45, 2.75) is 32.1 Å². The van der Waals surface area contributed by atoms with Crippen molar-refractivity contribution in [2.75, 3.05) is 20.2 Å². The highest BCUT2D eigenvalue weighted by molar-refractivity contribution is 5.37. The molecule has 21 heavy (non-hydrogen) atoms. The van der Waals surface area contributed by atoms with Crippen molar-refractivity contribution in [3.8, 4) is 5.75 Å². The Balaban J connectivity index is 2.00. The summed E-state index contributed by atoms with van der Waals surface area (Å²) in [5.74, 6) is -0.406. The van der Waals surface area contributed by atoms with Gasteiger partial charge in [0.05, 0.1) is 13.0 Å². The van der Waals surface area contributed by atoms with Crippen molar-refractivity contribution in [3.05, 3.63) is 29.3 Å². The van der Waals surface area contributed by atoms with Crippen molar-refractivity contribution in [2.24, 2.45) is 11.7 Å². The van der Waals surface area contributed by atoms with Crippen LogP contribution in [0, 0.1) is 5.92 Å². The summed E-state index contributed by atoms with van der Waals surface area (Å²) in [4.78, 5) is 2.04. The quantitative estimate of drug-likeness (QED) is 0.929. The number of hydrogen-bond acceptors (Lipinski definition) is 3.